The maximum atomic E-state index is 10.2. The lowest BCUT2D eigenvalue weighted by Gasteiger charge is -2.28. The lowest BCUT2D eigenvalue weighted by molar-refractivity contribution is 0.00466. The molecule has 1 fully saturated rings. The number of aromatic nitrogens is 1. The van der Waals surface area contributed by atoms with E-state index in [1.54, 1.807) is 19.4 Å². The van der Waals surface area contributed by atoms with Crippen molar-refractivity contribution < 1.29 is 19.3 Å². The zero-order valence-electron chi connectivity index (χ0n) is 14.7. The van der Waals surface area contributed by atoms with Gasteiger partial charge in [-0.2, -0.15) is 0 Å². The Kier molecular flexibility index (Phi) is 6.68. The number of halogens is 1. The number of nitrogens with zero attached hydrogens (tertiary/aromatic N) is 2. The van der Waals surface area contributed by atoms with Crippen LogP contribution in [0.25, 0.3) is 11.1 Å². The van der Waals surface area contributed by atoms with Gasteiger partial charge in [0.25, 0.3) is 0 Å². The van der Waals surface area contributed by atoms with Crippen molar-refractivity contribution in [3.63, 3.8) is 0 Å². The van der Waals surface area contributed by atoms with E-state index in [-0.39, 0.29) is 6.61 Å². The summed E-state index contributed by atoms with van der Waals surface area (Å²) in [6, 6.07) is 9.20. The number of aliphatic hydroxyl groups excluding tert-OH is 1. The highest BCUT2D eigenvalue weighted by Crippen LogP contribution is 2.29. The zero-order chi connectivity index (χ0) is 18.4. The van der Waals surface area contributed by atoms with Crippen LogP contribution in [-0.4, -0.2) is 67.7 Å². The second kappa shape index (κ2) is 9.19. The highest BCUT2D eigenvalue weighted by atomic mass is 35.5. The number of pyridine rings is 1. The molecule has 1 aliphatic rings. The molecule has 1 N–H and O–H groups in total. The number of aliphatic hydroxyl groups is 1. The van der Waals surface area contributed by atoms with Crippen molar-refractivity contribution in [2.45, 2.75) is 6.10 Å². The number of benzene rings is 1. The Balaban J connectivity index is 1.63. The molecule has 0 spiro atoms. The van der Waals surface area contributed by atoms with Gasteiger partial charge in [-0.25, -0.2) is 4.98 Å². The maximum absolute atomic E-state index is 10.2. The van der Waals surface area contributed by atoms with Crippen molar-refractivity contribution >= 4 is 11.6 Å². The standard InChI is InChI=1S/C19H23ClN2O4/c1-24-19-10-14(2-3-21-19)15-8-16(20)11-18(9-15)26-13-17(23)12-22-4-6-25-7-5-22/h2-3,8-11,17,23H,4-7,12-13H2,1H3. The van der Waals surface area contributed by atoms with Gasteiger partial charge in [-0.05, 0) is 35.4 Å². The second-order valence-electron chi connectivity index (χ2n) is 6.14. The van der Waals surface area contributed by atoms with Crippen molar-refractivity contribution in [1.29, 1.82) is 0 Å². The summed E-state index contributed by atoms with van der Waals surface area (Å²) in [6.45, 7) is 3.86. The van der Waals surface area contributed by atoms with Crippen LogP contribution in [0.4, 0.5) is 0 Å². The summed E-state index contributed by atoms with van der Waals surface area (Å²) in [5.74, 6) is 1.15. The molecule has 0 amide bonds. The van der Waals surface area contributed by atoms with Crippen LogP contribution in [0.5, 0.6) is 11.6 Å². The van der Waals surface area contributed by atoms with Crippen molar-refractivity contribution in [3.05, 3.63) is 41.6 Å². The molecule has 2 heterocycles. The Bertz CT molecular complexity index is 722. The minimum absolute atomic E-state index is 0.205. The monoisotopic (exact) mass is 378 g/mol. The third kappa shape index (κ3) is 5.32. The van der Waals surface area contributed by atoms with Gasteiger partial charge < -0.3 is 19.3 Å². The summed E-state index contributed by atoms with van der Waals surface area (Å²) >= 11 is 6.23. The minimum Gasteiger partial charge on any atom is -0.491 e. The molecular weight excluding hydrogens is 356 g/mol. The number of rotatable bonds is 7. The SMILES string of the molecule is COc1cc(-c2cc(Cl)cc(OCC(O)CN3CCOCC3)c2)ccn1. The van der Waals surface area contributed by atoms with Gasteiger partial charge in [0.15, 0.2) is 0 Å². The van der Waals surface area contributed by atoms with Gasteiger partial charge in [0.2, 0.25) is 5.88 Å². The third-order valence-electron chi connectivity index (χ3n) is 4.16. The van der Waals surface area contributed by atoms with Crippen LogP contribution in [0.15, 0.2) is 36.5 Å². The molecule has 1 aromatic heterocycles. The fraction of sp³-hybridized carbons (Fsp3) is 0.421. The molecule has 0 radical (unpaired) electrons. The number of ether oxygens (including phenoxy) is 3. The molecule has 7 heteroatoms. The number of β-amino-alcohol motifs (C(OH)–C–C–N with tert-alkyl or cyclic N) is 1. The molecule has 0 saturated carbocycles. The number of hydrogen-bond acceptors (Lipinski definition) is 6. The largest absolute Gasteiger partial charge is 0.491 e. The number of methoxy groups -OCH3 is 1. The van der Waals surface area contributed by atoms with Gasteiger partial charge in [-0.15, -0.1) is 0 Å². The molecule has 1 aliphatic heterocycles. The highest BCUT2D eigenvalue weighted by molar-refractivity contribution is 6.31. The van der Waals surface area contributed by atoms with Crippen molar-refractivity contribution in [2.24, 2.45) is 0 Å². The zero-order valence-corrected chi connectivity index (χ0v) is 15.5. The first-order valence-corrected chi connectivity index (χ1v) is 8.94. The molecule has 1 aromatic carbocycles. The Labute approximate surface area is 158 Å². The lowest BCUT2D eigenvalue weighted by atomic mass is 10.1. The van der Waals surface area contributed by atoms with Gasteiger partial charge in [0.1, 0.15) is 18.5 Å². The van der Waals surface area contributed by atoms with Crippen molar-refractivity contribution in [3.8, 4) is 22.8 Å². The van der Waals surface area contributed by atoms with Crippen molar-refractivity contribution in [1.82, 2.24) is 9.88 Å². The quantitative estimate of drug-likeness (QED) is 0.798. The van der Waals surface area contributed by atoms with E-state index in [1.165, 1.54) is 0 Å². The predicted molar refractivity (Wildman–Crippen MR) is 100.0 cm³/mol. The summed E-state index contributed by atoms with van der Waals surface area (Å²) in [5.41, 5.74) is 1.83. The topological polar surface area (TPSA) is 64.0 Å². The van der Waals surface area contributed by atoms with Crippen LogP contribution in [0.1, 0.15) is 0 Å². The van der Waals surface area contributed by atoms with Crippen molar-refractivity contribution in [2.75, 3.05) is 46.6 Å². The molecule has 1 unspecified atom stereocenters. The predicted octanol–water partition coefficient (Wildman–Crippen LogP) is 2.48. The molecule has 1 atom stereocenters. The van der Waals surface area contributed by atoms with Crippen LogP contribution in [-0.2, 0) is 4.74 Å². The number of morpholine rings is 1. The minimum atomic E-state index is -0.573. The summed E-state index contributed by atoms with van der Waals surface area (Å²) in [6.07, 6.45) is 1.11. The molecule has 2 aromatic rings. The van der Waals surface area contributed by atoms with Crippen LogP contribution >= 0.6 is 11.6 Å². The first-order chi connectivity index (χ1) is 12.6. The summed E-state index contributed by atoms with van der Waals surface area (Å²) in [5, 5.41) is 10.8. The van der Waals surface area contributed by atoms with Gasteiger partial charge in [0.05, 0.1) is 20.3 Å². The first-order valence-electron chi connectivity index (χ1n) is 8.56. The Morgan fingerprint density at radius 2 is 2.04 bits per heavy atom. The van der Waals surface area contributed by atoms with E-state index in [4.69, 9.17) is 25.8 Å². The second-order valence-corrected chi connectivity index (χ2v) is 6.58. The van der Waals surface area contributed by atoms with E-state index < -0.39 is 6.10 Å². The van der Waals surface area contributed by atoms with Gasteiger partial charge in [-0.1, -0.05) is 11.6 Å². The summed E-state index contributed by atoms with van der Waals surface area (Å²) in [4.78, 5) is 6.28. The molecule has 0 bridgehead atoms. The third-order valence-corrected chi connectivity index (χ3v) is 4.38. The Morgan fingerprint density at radius 3 is 2.81 bits per heavy atom. The van der Waals surface area contributed by atoms with Gasteiger partial charge >= 0.3 is 0 Å². The van der Waals surface area contributed by atoms with E-state index in [1.807, 2.05) is 24.3 Å². The molecule has 0 aliphatic carbocycles. The Morgan fingerprint density at radius 1 is 1.23 bits per heavy atom. The average molecular weight is 379 g/mol. The van der Waals surface area contributed by atoms with Gasteiger partial charge in [-0.3, -0.25) is 4.90 Å². The summed E-state index contributed by atoms with van der Waals surface area (Å²) in [7, 11) is 1.58. The normalized spacial score (nSPS) is 16.3. The molecule has 1 saturated heterocycles. The van der Waals surface area contributed by atoms with Gasteiger partial charge in [0, 0.05) is 36.9 Å². The lowest BCUT2D eigenvalue weighted by Crippen LogP contribution is -2.42. The molecule has 26 heavy (non-hydrogen) atoms. The van der Waals surface area contributed by atoms with E-state index >= 15 is 0 Å². The van der Waals surface area contributed by atoms with E-state index in [9.17, 15) is 5.11 Å². The van der Waals surface area contributed by atoms with E-state index in [0.29, 0.717) is 36.4 Å². The molecule has 6 nitrogen and oxygen atoms in total. The smallest absolute Gasteiger partial charge is 0.213 e. The number of hydrogen-bond donors (Lipinski definition) is 1. The van der Waals surface area contributed by atoms with Crippen LogP contribution in [0.3, 0.4) is 0 Å². The summed E-state index contributed by atoms with van der Waals surface area (Å²) < 4.78 is 16.2. The molecule has 3 rings (SSSR count). The average Bonchev–Trinajstić information content (AvgIpc) is 2.67. The highest BCUT2D eigenvalue weighted by Gasteiger charge is 2.15. The molecular formula is C19H23ClN2O4. The fourth-order valence-electron chi connectivity index (χ4n) is 2.84. The van der Waals surface area contributed by atoms with E-state index in [2.05, 4.69) is 9.88 Å². The molecule has 140 valence electrons. The van der Waals surface area contributed by atoms with Crippen LogP contribution in [0.2, 0.25) is 5.02 Å². The Hall–Kier alpha value is -1.86. The van der Waals surface area contributed by atoms with Crippen LogP contribution < -0.4 is 9.47 Å². The van der Waals surface area contributed by atoms with Crippen LogP contribution in [0, 0.1) is 0 Å². The maximum Gasteiger partial charge on any atom is 0.213 e. The van der Waals surface area contributed by atoms with E-state index in [0.717, 1.165) is 24.2 Å². The first kappa shape index (κ1) is 18.9. The fourth-order valence-corrected chi connectivity index (χ4v) is 3.07.